The summed E-state index contributed by atoms with van der Waals surface area (Å²) in [6, 6.07) is 0. The first-order valence-electron chi connectivity index (χ1n) is 4.89. The SMILES string of the molecule is Cc1nn(CC2CC2)cc1CS(=O)(=O)F. The lowest BCUT2D eigenvalue weighted by Crippen LogP contribution is -2.00. The molecule has 0 radical (unpaired) electrons. The molecule has 1 aromatic rings. The van der Waals surface area contributed by atoms with Gasteiger partial charge in [0.1, 0.15) is 5.75 Å². The van der Waals surface area contributed by atoms with E-state index in [1.165, 1.54) is 12.8 Å². The smallest absolute Gasteiger partial charge is 0.272 e. The lowest BCUT2D eigenvalue weighted by atomic mass is 10.3. The molecule has 1 aromatic heterocycles. The molecule has 0 aromatic carbocycles. The molecule has 2 rings (SSSR count). The molecule has 4 nitrogen and oxygen atoms in total. The highest BCUT2D eigenvalue weighted by atomic mass is 32.3. The zero-order chi connectivity index (χ0) is 11.1. The molecule has 0 bridgehead atoms. The van der Waals surface area contributed by atoms with Crippen molar-refractivity contribution in [2.75, 3.05) is 0 Å². The summed E-state index contributed by atoms with van der Waals surface area (Å²) in [5, 5.41) is 4.16. The minimum Gasteiger partial charge on any atom is -0.272 e. The van der Waals surface area contributed by atoms with Crippen molar-refractivity contribution >= 4 is 10.2 Å². The van der Waals surface area contributed by atoms with Crippen molar-refractivity contribution in [1.29, 1.82) is 0 Å². The van der Waals surface area contributed by atoms with Gasteiger partial charge in [-0.25, -0.2) is 0 Å². The van der Waals surface area contributed by atoms with Crippen LogP contribution >= 0.6 is 0 Å². The highest BCUT2D eigenvalue weighted by Gasteiger charge is 2.23. The molecule has 0 spiro atoms. The van der Waals surface area contributed by atoms with Gasteiger partial charge in [-0.05, 0) is 25.7 Å². The van der Waals surface area contributed by atoms with Gasteiger partial charge in [0.05, 0.1) is 5.69 Å². The van der Waals surface area contributed by atoms with E-state index >= 15 is 0 Å². The van der Waals surface area contributed by atoms with E-state index in [1.54, 1.807) is 17.8 Å². The van der Waals surface area contributed by atoms with E-state index in [9.17, 15) is 12.3 Å². The molecule has 0 atom stereocenters. The first-order chi connectivity index (χ1) is 6.94. The average molecular weight is 232 g/mol. The van der Waals surface area contributed by atoms with Gasteiger partial charge in [-0.2, -0.15) is 13.5 Å². The molecular formula is C9H13FN2O2S. The molecule has 0 N–H and O–H groups in total. The fraction of sp³-hybridized carbons (Fsp3) is 0.667. The Balaban J connectivity index is 2.13. The maximum Gasteiger partial charge on any atom is 0.306 e. The predicted molar refractivity (Wildman–Crippen MR) is 53.4 cm³/mol. The van der Waals surface area contributed by atoms with Crippen molar-refractivity contribution in [3.8, 4) is 0 Å². The molecular weight excluding hydrogens is 219 g/mol. The summed E-state index contributed by atoms with van der Waals surface area (Å²) in [5.41, 5.74) is 1.05. The van der Waals surface area contributed by atoms with Crippen LogP contribution in [0.15, 0.2) is 6.20 Å². The van der Waals surface area contributed by atoms with Gasteiger partial charge in [-0.3, -0.25) is 4.68 Å². The lowest BCUT2D eigenvalue weighted by Gasteiger charge is -1.96. The Bertz CT molecular complexity index is 462. The van der Waals surface area contributed by atoms with Gasteiger partial charge in [0.2, 0.25) is 0 Å². The van der Waals surface area contributed by atoms with Gasteiger partial charge in [0.15, 0.2) is 0 Å². The van der Waals surface area contributed by atoms with E-state index in [-0.39, 0.29) is 0 Å². The lowest BCUT2D eigenvalue weighted by molar-refractivity contribution is 0.550. The van der Waals surface area contributed by atoms with Crippen LogP contribution in [0.2, 0.25) is 0 Å². The number of nitrogens with zero attached hydrogens (tertiary/aromatic N) is 2. The minimum atomic E-state index is -4.45. The summed E-state index contributed by atoms with van der Waals surface area (Å²) < 4.78 is 35.2. The molecule has 0 unspecified atom stereocenters. The van der Waals surface area contributed by atoms with Crippen molar-refractivity contribution < 1.29 is 12.3 Å². The third kappa shape index (κ3) is 3.02. The van der Waals surface area contributed by atoms with Crippen molar-refractivity contribution in [1.82, 2.24) is 9.78 Å². The quantitative estimate of drug-likeness (QED) is 0.737. The zero-order valence-corrected chi connectivity index (χ0v) is 9.30. The molecule has 6 heteroatoms. The first-order valence-corrected chi connectivity index (χ1v) is 6.44. The Morgan fingerprint density at radius 3 is 2.80 bits per heavy atom. The van der Waals surface area contributed by atoms with Gasteiger partial charge in [0.25, 0.3) is 0 Å². The van der Waals surface area contributed by atoms with Crippen LogP contribution in [0.1, 0.15) is 24.1 Å². The van der Waals surface area contributed by atoms with Gasteiger partial charge in [-0.15, -0.1) is 3.89 Å². The summed E-state index contributed by atoms with van der Waals surface area (Å²) >= 11 is 0. The number of hydrogen-bond acceptors (Lipinski definition) is 3. The first kappa shape index (κ1) is 10.6. The molecule has 0 saturated heterocycles. The fourth-order valence-corrected chi connectivity index (χ4v) is 2.20. The Kier molecular flexibility index (Phi) is 2.54. The van der Waals surface area contributed by atoms with Gasteiger partial charge in [-0.1, -0.05) is 0 Å². The summed E-state index contributed by atoms with van der Waals surface area (Å²) in [4.78, 5) is 0. The summed E-state index contributed by atoms with van der Waals surface area (Å²) in [6.45, 7) is 2.51. The van der Waals surface area contributed by atoms with E-state index in [2.05, 4.69) is 5.10 Å². The number of rotatable bonds is 4. The fourth-order valence-electron chi connectivity index (χ4n) is 1.55. The van der Waals surface area contributed by atoms with Gasteiger partial charge < -0.3 is 0 Å². The maximum absolute atomic E-state index is 12.5. The molecule has 84 valence electrons. The Morgan fingerprint density at radius 1 is 1.60 bits per heavy atom. The third-order valence-corrected chi connectivity index (χ3v) is 3.17. The predicted octanol–water partition coefficient (Wildman–Crippen LogP) is 1.40. The Labute approximate surface area is 88.3 Å². The normalized spacial score (nSPS) is 16.9. The Hall–Kier alpha value is -0.910. The van der Waals surface area contributed by atoms with Crippen LogP contribution in [0.25, 0.3) is 0 Å². The van der Waals surface area contributed by atoms with Crippen LogP contribution in [0.5, 0.6) is 0 Å². The van der Waals surface area contributed by atoms with Crippen LogP contribution in [-0.4, -0.2) is 18.2 Å². The van der Waals surface area contributed by atoms with Crippen LogP contribution in [0, 0.1) is 12.8 Å². The maximum atomic E-state index is 12.5. The molecule has 1 aliphatic rings. The molecule has 1 fully saturated rings. The zero-order valence-electron chi connectivity index (χ0n) is 8.48. The second-order valence-corrected chi connectivity index (χ2v) is 5.45. The minimum absolute atomic E-state index is 0.457. The number of aromatic nitrogens is 2. The number of aryl methyl sites for hydroxylation is 1. The van der Waals surface area contributed by atoms with E-state index in [0.717, 1.165) is 6.54 Å². The number of hydrogen-bond donors (Lipinski definition) is 0. The van der Waals surface area contributed by atoms with Crippen molar-refractivity contribution in [2.45, 2.75) is 32.1 Å². The van der Waals surface area contributed by atoms with Crippen LogP contribution < -0.4 is 0 Å². The van der Waals surface area contributed by atoms with E-state index in [0.29, 0.717) is 17.2 Å². The summed E-state index contributed by atoms with van der Waals surface area (Å²) in [7, 11) is -4.45. The molecule has 1 heterocycles. The van der Waals surface area contributed by atoms with Gasteiger partial charge in [0, 0.05) is 18.3 Å². The van der Waals surface area contributed by atoms with Crippen molar-refractivity contribution in [3.05, 3.63) is 17.5 Å². The molecule has 0 aliphatic heterocycles. The number of halogens is 1. The standard InChI is InChI=1S/C9H13FN2O2S/c1-7-9(6-15(10,13)14)5-12(11-7)4-8-2-3-8/h5,8H,2-4,6H2,1H3. The van der Waals surface area contributed by atoms with E-state index in [4.69, 9.17) is 0 Å². The summed E-state index contributed by atoms with van der Waals surface area (Å²) in [5.74, 6) is 0.0999. The highest BCUT2D eigenvalue weighted by Crippen LogP contribution is 2.30. The van der Waals surface area contributed by atoms with E-state index in [1.807, 2.05) is 0 Å². The monoisotopic (exact) mass is 232 g/mol. The van der Waals surface area contributed by atoms with Gasteiger partial charge >= 0.3 is 10.2 Å². The second kappa shape index (κ2) is 3.59. The molecule has 1 aliphatic carbocycles. The van der Waals surface area contributed by atoms with Crippen molar-refractivity contribution in [2.24, 2.45) is 5.92 Å². The van der Waals surface area contributed by atoms with Crippen LogP contribution in [0.4, 0.5) is 3.89 Å². The Morgan fingerprint density at radius 2 is 2.27 bits per heavy atom. The molecule has 1 saturated carbocycles. The molecule has 0 amide bonds. The average Bonchev–Trinajstić information content (AvgIpc) is 2.78. The topological polar surface area (TPSA) is 52.0 Å². The largest absolute Gasteiger partial charge is 0.306 e. The second-order valence-electron chi connectivity index (χ2n) is 4.09. The molecule has 15 heavy (non-hydrogen) atoms. The van der Waals surface area contributed by atoms with E-state index < -0.39 is 16.0 Å². The van der Waals surface area contributed by atoms with Crippen LogP contribution in [-0.2, 0) is 22.5 Å². The van der Waals surface area contributed by atoms with Crippen LogP contribution in [0.3, 0.4) is 0 Å². The van der Waals surface area contributed by atoms with Crippen molar-refractivity contribution in [3.63, 3.8) is 0 Å². The highest BCUT2D eigenvalue weighted by molar-refractivity contribution is 7.85. The third-order valence-electron chi connectivity index (χ3n) is 2.52. The summed E-state index contributed by atoms with van der Waals surface area (Å²) in [6.07, 6.45) is 4.04.